The van der Waals surface area contributed by atoms with E-state index < -0.39 is 26.4 Å². The van der Waals surface area contributed by atoms with Gasteiger partial charge in [0.25, 0.3) is 0 Å². The predicted molar refractivity (Wildman–Crippen MR) is 123 cm³/mol. The number of alkyl halides is 3. The normalized spacial score (nSPS) is 12.4. The Bertz CT molecular complexity index is 803. The number of benzene rings is 1. The summed E-state index contributed by atoms with van der Waals surface area (Å²) in [6, 6.07) is 4.57. The molecule has 1 unspecified atom stereocenters. The highest BCUT2D eigenvalue weighted by molar-refractivity contribution is 7.39. The smallest absolute Gasteiger partial charge is 0.419 e. The summed E-state index contributed by atoms with van der Waals surface area (Å²) >= 11 is 0. The molecule has 1 atom stereocenters. The molecule has 5 N–H and O–H groups in total. The molecule has 1 aromatic heterocycles. The number of aromatic nitrogens is 2. The van der Waals surface area contributed by atoms with Crippen molar-refractivity contribution in [3.05, 3.63) is 35.5 Å². The van der Waals surface area contributed by atoms with Gasteiger partial charge in [-0.05, 0) is 30.7 Å². The maximum Gasteiger partial charge on any atom is 0.419 e. The predicted octanol–water partition coefficient (Wildman–Crippen LogP) is 6.09. The second kappa shape index (κ2) is 15.2. The van der Waals surface area contributed by atoms with Crippen LogP contribution >= 0.6 is 8.60 Å². The van der Waals surface area contributed by atoms with Gasteiger partial charge in [-0.1, -0.05) is 52.9 Å². The van der Waals surface area contributed by atoms with Crippen molar-refractivity contribution in [1.82, 2.24) is 10.2 Å². The SMILES string of the molecule is CC.CCCCCCCCOc1ccc(-c2cc(C(N)COP(O)O)[nH]n2)cc1C(F)(F)F. The minimum atomic E-state index is -4.57. The number of hydrogen-bond donors (Lipinski definition) is 4. The number of halogens is 3. The lowest BCUT2D eigenvalue weighted by molar-refractivity contribution is -0.138. The van der Waals surface area contributed by atoms with Crippen LogP contribution in [0.3, 0.4) is 0 Å². The van der Waals surface area contributed by atoms with E-state index in [9.17, 15) is 13.2 Å². The molecule has 2 rings (SSSR count). The van der Waals surface area contributed by atoms with Crippen LogP contribution in [0.4, 0.5) is 13.2 Å². The Kier molecular flexibility index (Phi) is 13.5. The third kappa shape index (κ3) is 10.4. The molecule has 0 spiro atoms. The Balaban J connectivity index is 0.00000265. The fourth-order valence-corrected chi connectivity index (χ4v) is 3.31. The van der Waals surface area contributed by atoms with Crippen LogP contribution in [0.1, 0.15) is 76.6 Å². The number of H-pyrrole nitrogens is 1. The highest BCUT2D eigenvalue weighted by Crippen LogP contribution is 2.39. The molecule has 11 heteroatoms. The van der Waals surface area contributed by atoms with E-state index in [0.29, 0.717) is 12.1 Å². The lowest BCUT2D eigenvalue weighted by atomic mass is 10.1. The standard InChI is InChI=1S/C20H29F3N3O4P.C2H6/c1-2-3-4-5-6-7-10-29-19-9-8-14(11-15(19)20(21,22)23)17-12-18(26-25-17)16(24)13-30-31(27)28;1-2/h8-9,11-12,16,27-28H,2-7,10,13,24H2,1H3,(H,25,26);1-2H3. The summed E-state index contributed by atoms with van der Waals surface area (Å²) in [6.45, 7) is 6.18. The zero-order valence-corrected chi connectivity index (χ0v) is 20.3. The Labute approximate surface area is 194 Å². The summed E-state index contributed by atoms with van der Waals surface area (Å²) in [5.41, 5.74) is 5.91. The molecule has 2 aromatic rings. The van der Waals surface area contributed by atoms with Crippen molar-refractivity contribution in [2.24, 2.45) is 5.73 Å². The Morgan fingerprint density at radius 3 is 2.39 bits per heavy atom. The number of nitrogens with two attached hydrogens (primary N) is 1. The minimum absolute atomic E-state index is 0.181. The molecule has 188 valence electrons. The summed E-state index contributed by atoms with van der Waals surface area (Å²) in [6.07, 6.45) is 1.54. The zero-order chi connectivity index (χ0) is 24.9. The fourth-order valence-electron chi connectivity index (χ4n) is 3.01. The van der Waals surface area contributed by atoms with Gasteiger partial charge in [-0.15, -0.1) is 0 Å². The lowest BCUT2D eigenvalue weighted by Gasteiger charge is -2.15. The minimum Gasteiger partial charge on any atom is -0.493 e. The molecule has 1 heterocycles. The molecule has 0 fully saturated rings. The van der Waals surface area contributed by atoms with E-state index in [1.807, 2.05) is 13.8 Å². The van der Waals surface area contributed by atoms with Gasteiger partial charge in [0.2, 0.25) is 0 Å². The molecule has 0 amide bonds. The maximum atomic E-state index is 13.6. The van der Waals surface area contributed by atoms with Gasteiger partial charge in [-0.3, -0.25) is 5.10 Å². The van der Waals surface area contributed by atoms with Crippen LogP contribution in [0.15, 0.2) is 24.3 Å². The van der Waals surface area contributed by atoms with Crippen LogP contribution in [0.2, 0.25) is 0 Å². The molecule has 0 saturated carbocycles. The van der Waals surface area contributed by atoms with Gasteiger partial charge >= 0.3 is 14.8 Å². The van der Waals surface area contributed by atoms with Crippen LogP contribution in [0.25, 0.3) is 11.3 Å². The number of aromatic amines is 1. The number of rotatable bonds is 13. The van der Waals surface area contributed by atoms with E-state index in [4.69, 9.17) is 20.3 Å². The topological polar surface area (TPSA) is 114 Å². The number of unbranched alkanes of at least 4 members (excludes halogenated alkanes) is 5. The Morgan fingerprint density at radius 1 is 1.09 bits per heavy atom. The van der Waals surface area contributed by atoms with Crippen LogP contribution < -0.4 is 10.5 Å². The largest absolute Gasteiger partial charge is 0.493 e. The van der Waals surface area contributed by atoms with E-state index >= 15 is 0 Å². The Morgan fingerprint density at radius 2 is 1.76 bits per heavy atom. The van der Waals surface area contributed by atoms with E-state index in [1.54, 1.807) is 0 Å². The van der Waals surface area contributed by atoms with Crippen molar-refractivity contribution >= 4 is 8.60 Å². The first kappa shape index (κ1) is 29.3. The lowest BCUT2D eigenvalue weighted by Crippen LogP contribution is -2.16. The third-order valence-corrected chi connectivity index (χ3v) is 5.08. The van der Waals surface area contributed by atoms with E-state index in [2.05, 4.69) is 21.6 Å². The van der Waals surface area contributed by atoms with Gasteiger partial charge in [0.15, 0.2) is 0 Å². The van der Waals surface area contributed by atoms with Crippen molar-refractivity contribution in [3.63, 3.8) is 0 Å². The molecule has 0 radical (unpaired) electrons. The number of hydrogen-bond acceptors (Lipinski definition) is 6. The van der Waals surface area contributed by atoms with Crippen LogP contribution in [0, 0.1) is 0 Å². The molecular weight excluding hydrogens is 458 g/mol. The van der Waals surface area contributed by atoms with E-state index in [-0.39, 0.29) is 30.2 Å². The van der Waals surface area contributed by atoms with Crippen molar-refractivity contribution in [2.75, 3.05) is 13.2 Å². The van der Waals surface area contributed by atoms with Crippen molar-refractivity contribution < 1.29 is 32.2 Å². The van der Waals surface area contributed by atoms with Gasteiger partial charge in [0.1, 0.15) is 5.75 Å². The average molecular weight is 494 g/mol. The summed E-state index contributed by atoms with van der Waals surface area (Å²) in [5.74, 6) is -0.204. The summed E-state index contributed by atoms with van der Waals surface area (Å²) < 4.78 is 50.8. The second-order valence-corrected chi connectivity index (χ2v) is 7.95. The first-order chi connectivity index (χ1) is 15.7. The first-order valence-electron chi connectivity index (χ1n) is 11.2. The molecule has 0 bridgehead atoms. The molecule has 7 nitrogen and oxygen atoms in total. The third-order valence-electron chi connectivity index (χ3n) is 4.70. The van der Waals surface area contributed by atoms with Crippen molar-refractivity contribution in [3.8, 4) is 17.0 Å². The maximum absolute atomic E-state index is 13.6. The number of nitrogens with one attached hydrogen (secondary N) is 1. The summed E-state index contributed by atoms with van der Waals surface area (Å²) in [7, 11) is -2.55. The first-order valence-corrected chi connectivity index (χ1v) is 12.3. The van der Waals surface area contributed by atoms with Gasteiger partial charge in [-0.2, -0.15) is 18.3 Å². The monoisotopic (exact) mass is 493 g/mol. The quantitative estimate of drug-likeness (QED) is 0.198. The fraction of sp³-hybridized carbons (Fsp3) is 0.591. The number of nitrogens with zero attached hydrogens (tertiary/aromatic N) is 1. The highest BCUT2D eigenvalue weighted by Gasteiger charge is 2.35. The van der Waals surface area contributed by atoms with Crippen LogP contribution in [-0.4, -0.2) is 33.2 Å². The van der Waals surface area contributed by atoms with Crippen LogP contribution in [0.5, 0.6) is 5.75 Å². The molecule has 0 aliphatic heterocycles. The molecule has 0 saturated heterocycles. The number of ether oxygens (including phenoxy) is 1. The van der Waals surface area contributed by atoms with Gasteiger partial charge in [-0.25, -0.2) is 0 Å². The highest BCUT2D eigenvalue weighted by atomic mass is 31.2. The van der Waals surface area contributed by atoms with Crippen molar-refractivity contribution in [2.45, 2.75) is 71.5 Å². The molecule has 1 aromatic carbocycles. The van der Waals surface area contributed by atoms with E-state index in [0.717, 1.165) is 38.2 Å². The molecule has 33 heavy (non-hydrogen) atoms. The Hall–Kier alpha value is -1.71. The molecule has 0 aliphatic carbocycles. The zero-order valence-electron chi connectivity index (χ0n) is 19.4. The molecule has 0 aliphatic rings. The van der Waals surface area contributed by atoms with Gasteiger partial charge < -0.3 is 24.8 Å². The van der Waals surface area contributed by atoms with Crippen LogP contribution in [-0.2, 0) is 10.7 Å². The molecular formula is C22H35F3N3O4P. The average Bonchev–Trinajstić information content (AvgIpc) is 3.28. The second-order valence-electron chi connectivity index (χ2n) is 7.19. The van der Waals surface area contributed by atoms with E-state index in [1.165, 1.54) is 18.2 Å². The summed E-state index contributed by atoms with van der Waals surface area (Å²) in [5, 5.41) is 6.65. The summed E-state index contributed by atoms with van der Waals surface area (Å²) in [4.78, 5) is 17.6. The van der Waals surface area contributed by atoms with Gasteiger partial charge in [0, 0.05) is 5.56 Å². The van der Waals surface area contributed by atoms with Gasteiger partial charge in [0.05, 0.1) is 36.2 Å². The van der Waals surface area contributed by atoms with Crippen molar-refractivity contribution in [1.29, 1.82) is 0 Å².